The molecule has 0 radical (unpaired) electrons. The number of hydrogen-bond donors (Lipinski definition) is 0. The molecule has 3 aliphatic heterocycles. The van der Waals surface area contributed by atoms with E-state index in [2.05, 4.69) is 0 Å². The van der Waals surface area contributed by atoms with Crippen molar-refractivity contribution in [3.05, 3.63) is 145 Å². The highest BCUT2D eigenvalue weighted by Crippen LogP contribution is 2.19. The van der Waals surface area contributed by atoms with Gasteiger partial charge in [-0.2, -0.15) is 0 Å². The van der Waals surface area contributed by atoms with E-state index in [0.717, 1.165) is 4.90 Å². The molecule has 0 N–H and O–H groups in total. The summed E-state index contributed by atoms with van der Waals surface area (Å²) in [4.78, 5) is 63.6. The molecule has 0 aromatic heterocycles. The van der Waals surface area contributed by atoms with Crippen molar-refractivity contribution in [2.24, 2.45) is 0 Å². The Hall–Kier alpha value is -5.37. The maximum absolute atomic E-state index is 13.0. The van der Waals surface area contributed by atoms with Crippen molar-refractivity contribution in [3.63, 3.8) is 0 Å². The molecule has 8 nitrogen and oxygen atoms in total. The van der Waals surface area contributed by atoms with Crippen LogP contribution < -0.4 is 0 Å². The number of Topliss-reactive ketones (excluding diaryl/α,β-unsaturated/α-hetero) is 2. The summed E-state index contributed by atoms with van der Waals surface area (Å²) in [6.07, 6.45) is 34.2. The van der Waals surface area contributed by atoms with Crippen molar-refractivity contribution in [1.82, 2.24) is 4.90 Å². The lowest BCUT2D eigenvalue weighted by Crippen LogP contribution is -2.41. The molecule has 0 aromatic carbocycles. The molecule has 2 bridgehead atoms. The van der Waals surface area contributed by atoms with Crippen LogP contribution in [0.25, 0.3) is 0 Å². The van der Waals surface area contributed by atoms with E-state index in [0.29, 0.717) is 5.76 Å². The van der Waals surface area contributed by atoms with Crippen molar-refractivity contribution in [2.75, 3.05) is 13.2 Å². The van der Waals surface area contributed by atoms with Crippen LogP contribution in [0, 0.1) is 0 Å². The van der Waals surface area contributed by atoms with E-state index in [9.17, 15) is 24.0 Å². The second-order valence-corrected chi connectivity index (χ2v) is 8.50. The Kier molecular flexibility index (Phi) is 12.2. The highest BCUT2D eigenvalue weighted by Gasteiger charge is 2.32. The van der Waals surface area contributed by atoms with Gasteiger partial charge in [0, 0.05) is 19.4 Å². The fourth-order valence-electron chi connectivity index (χ4n) is 3.42. The first-order valence-corrected chi connectivity index (χ1v) is 12.9. The van der Waals surface area contributed by atoms with E-state index in [4.69, 9.17) is 9.47 Å². The summed E-state index contributed by atoms with van der Waals surface area (Å²) in [6.45, 7) is -0.202. The molecule has 0 aromatic rings. The van der Waals surface area contributed by atoms with Crippen LogP contribution in [0.3, 0.4) is 0 Å². The number of hydrogen-bond acceptors (Lipinski definition) is 7. The fraction of sp³-hybridized carbons (Fsp3) is 0.121. The van der Waals surface area contributed by atoms with Crippen molar-refractivity contribution < 1.29 is 33.4 Å². The van der Waals surface area contributed by atoms with Crippen LogP contribution in [0.2, 0.25) is 0 Å². The van der Waals surface area contributed by atoms with Crippen LogP contribution in [0.1, 0.15) is 12.8 Å². The number of rotatable bonds is 0. The smallest absolute Gasteiger partial charge is 0.355 e. The summed E-state index contributed by atoms with van der Waals surface area (Å²) in [6, 6.07) is 0. The average Bonchev–Trinajstić information content (AvgIpc) is 2.98. The molecule has 3 rings (SSSR count). The molecule has 0 saturated heterocycles. The lowest BCUT2D eigenvalue weighted by molar-refractivity contribution is -0.147. The lowest BCUT2D eigenvalue weighted by Gasteiger charge is -2.24. The van der Waals surface area contributed by atoms with Gasteiger partial charge >= 0.3 is 11.9 Å². The van der Waals surface area contributed by atoms with Crippen LogP contribution in [0.4, 0.5) is 0 Å². The van der Waals surface area contributed by atoms with E-state index in [1.807, 2.05) is 6.08 Å². The summed E-state index contributed by atoms with van der Waals surface area (Å²) in [5, 5.41) is 0. The first kappa shape index (κ1) is 30.2. The normalized spacial score (nSPS) is 22.6. The molecule has 0 unspecified atom stereocenters. The second kappa shape index (κ2) is 16.6. The van der Waals surface area contributed by atoms with Gasteiger partial charge in [0.15, 0.2) is 11.5 Å². The number of cyclic esters (lactones) is 1. The molecule has 0 saturated carbocycles. The second-order valence-electron chi connectivity index (χ2n) is 8.50. The maximum Gasteiger partial charge on any atom is 0.355 e. The van der Waals surface area contributed by atoms with Gasteiger partial charge in [-0.1, -0.05) is 91.1 Å². The highest BCUT2D eigenvalue weighted by molar-refractivity contribution is 6.42. The van der Waals surface area contributed by atoms with Gasteiger partial charge in [-0.3, -0.25) is 24.1 Å². The van der Waals surface area contributed by atoms with E-state index in [1.54, 1.807) is 91.1 Å². The predicted octanol–water partition coefficient (Wildman–Crippen LogP) is 4.56. The molecule has 8 heteroatoms. The van der Waals surface area contributed by atoms with Gasteiger partial charge in [0.1, 0.15) is 17.2 Å². The largest absolute Gasteiger partial charge is 0.461 e. The molecular weight excluding hydrogens is 522 g/mol. The zero-order chi connectivity index (χ0) is 29.3. The molecule has 0 spiro atoms. The van der Waals surface area contributed by atoms with Gasteiger partial charge in [0.05, 0.1) is 6.61 Å². The molecule has 3 aliphatic rings. The van der Waals surface area contributed by atoms with Crippen molar-refractivity contribution in [1.29, 1.82) is 0 Å². The number of ketones is 3. The number of amides is 1. The zero-order valence-corrected chi connectivity index (χ0v) is 22.3. The fourth-order valence-corrected chi connectivity index (χ4v) is 3.42. The minimum absolute atomic E-state index is 0.00777. The summed E-state index contributed by atoms with van der Waals surface area (Å²) >= 11 is 0. The minimum Gasteiger partial charge on any atom is -0.461 e. The Labute approximate surface area is 238 Å². The molecular formula is C33H29NO7. The lowest BCUT2D eigenvalue weighted by atomic mass is 10.1. The third-order valence-corrected chi connectivity index (χ3v) is 5.45. The zero-order valence-electron chi connectivity index (χ0n) is 22.3. The first-order chi connectivity index (χ1) is 20.0. The molecule has 0 fully saturated rings. The van der Waals surface area contributed by atoms with E-state index in [-0.39, 0.29) is 49.0 Å². The van der Waals surface area contributed by atoms with Gasteiger partial charge < -0.3 is 9.47 Å². The standard InChI is InChI=1S/C33H29NO7/c35-26-16-9-6-4-2-1-3-5-7-12-19-28-20-15-22-30(41-28)31(37)32(38)34-24-14-13-21-29(34)33(39)40-25-23-27(36)18-11-8-10-17-26/h1-17,19-22H,18,23-25H2/b2-1?,5-3?,6-4-,11-8-,12-7-,16-9-,17-10?,28-19?. The number of fused-ring (bicyclic) bond motifs is 3. The summed E-state index contributed by atoms with van der Waals surface area (Å²) in [7, 11) is 0. The van der Waals surface area contributed by atoms with E-state index >= 15 is 0 Å². The number of allylic oxidation sites excluding steroid dienone is 20. The summed E-state index contributed by atoms with van der Waals surface area (Å²) in [5.41, 5.74) is -0.118. The van der Waals surface area contributed by atoms with Gasteiger partial charge in [-0.05, 0) is 36.5 Å². The van der Waals surface area contributed by atoms with Crippen LogP contribution in [0.5, 0.6) is 0 Å². The third-order valence-electron chi connectivity index (χ3n) is 5.45. The van der Waals surface area contributed by atoms with Crippen LogP contribution in [-0.2, 0) is 33.4 Å². The van der Waals surface area contributed by atoms with Gasteiger partial charge in [0.25, 0.3) is 5.78 Å². The van der Waals surface area contributed by atoms with Gasteiger partial charge in [0.2, 0.25) is 0 Å². The highest BCUT2D eigenvalue weighted by atomic mass is 16.5. The average molecular weight is 552 g/mol. The van der Waals surface area contributed by atoms with Crippen molar-refractivity contribution in [2.45, 2.75) is 12.8 Å². The van der Waals surface area contributed by atoms with Crippen LogP contribution >= 0.6 is 0 Å². The summed E-state index contributed by atoms with van der Waals surface area (Å²) < 4.78 is 10.8. The Bertz CT molecular complexity index is 1420. The number of carbonyl (C=O) groups excluding carboxylic acids is 5. The van der Waals surface area contributed by atoms with Crippen LogP contribution in [-0.4, -0.2) is 47.3 Å². The molecule has 3 heterocycles. The Morgan fingerprint density at radius 1 is 0.634 bits per heavy atom. The van der Waals surface area contributed by atoms with Crippen molar-refractivity contribution in [3.8, 4) is 0 Å². The van der Waals surface area contributed by atoms with E-state index < -0.39 is 17.7 Å². The number of ether oxygens (including phenoxy) is 2. The summed E-state index contributed by atoms with van der Waals surface area (Å²) in [5.74, 6) is -2.93. The SMILES string of the molecule is O=C1C=C/C=C\CC(=O)CCOC(=O)C2=CC=CCN2C(=O)C(=O)C2=CC=CC(=C/C=C\C=CC=C/C=C\C=C/1)O2. The Balaban J connectivity index is 1.75. The van der Waals surface area contributed by atoms with Gasteiger partial charge in [-0.25, -0.2) is 4.79 Å². The van der Waals surface area contributed by atoms with Gasteiger partial charge in [-0.15, -0.1) is 0 Å². The minimum atomic E-state index is -0.954. The third kappa shape index (κ3) is 10.4. The van der Waals surface area contributed by atoms with Crippen LogP contribution in [0.15, 0.2) is 145 Å². The first-order valence-electron chi connectivity index (χ1n) is 12.9. The molecule has 0 aliphatic carbocycles. The van der Waals surface area contributed by atoms with E-state index in [1.165, 1.54) is 30.4 Å². The topological polar surface area (TPSA) is 107 Å². The number of nitrogens with zero attached hydrogens (tertiary/aromatic N) is 1. The molecule has 0 atom stereocenters. The quantitative estimate of drug-likeness (QED) is 0.321. The Morgan fingerprint density at radius 3 is 2.07 bits per heavy atom. The molecule has 208 valence electrons. The number of carbonyl (C=O) groups is 5. The maximum atomic E-state index is 13.0. The molecule has 41 heavy (non-hydrogen) atoms. The van der Waals surface area contributed by atoms with Crippen molar-refractivity contribution >= 4 is 29.2 Å². The monoisotopic (exact) mass is 551 g/mol. The molecule has 1 amide bonds. The Morgan fingerprint density at radius 2 is 1.32 bits per heavy atom. The predicted molar refractivity (Wildman–Crippen MR) is 155 cm³/mol. The number of esters is 1.